The molecule has 0 aromatic carbocycles. The van der Waals surface area contributed by atoms with Crippen LogP contribution in [0.4, 0.5) is 0 Å². The van der Waals surface area contributed by atoms with Crippen LogP contribution in [0.5, 0.6) is 0 Å². The average Bonchev–Trinajstić information content (AvgIpc) is 2.52. The molecule has 114 valence electrons. The number of aromatic amines is 1. The van der Waals surface area contributed by atoms with Crippen molar-refractivity contribution in [3.63, 3.8) is 0 Å². The number of carbonyl (C=O) groups excluding carboxylic acids is 2. The summed E-state index contributed by atoms with van der Waals surface area (Å²) < 4.78 is 4.61. The first-order valence-electron chi connectivity index (χ1n) is 6.88. The van der Waals surface area contributed by atoms with Crippen molar-refractivity contribution >= 4 is 11.9 Å². The molecule has 0 radical (unpaired) electrons. The Labute approximate surface area is 122 Å². The van der Waals surface area contributed by atoms with Crippen molar-refractivity contribution < 1.29 is 14.3 Å². The number of nitrogens with zero attached hydrogens (tertiary/aromatic N) is 2. The lowest BCUT2D eigenvalue weighted by Crippen LogP contribution is -2.49. The second-order valence-electron chi connectivity index (χ2n) is 4.89. The van der Waals surface area contributed by atoms with Crippen LogP contribution in [0.15, 0.2) is 23.0 Å². The molecule has 1 aliphatic rings. The number of ether oxygens (including phenoxy) is 1. The fourth-order valence-electron chi connectivity index (χ4n) is 2.27. The van der Waals surface area contributed by atoms with Gasteiger partial charge in [0, 0.05) is 38.8 Å². The molecule has 0 spiro atoms. The molecule has 1 fully saturated rings. The summed E-state index contributed by atoms with van der Waals surface area (Å²) in [6, 6.07) is 4.55. The molecular formula is C14H19N3O4. The number of pyridine rings is 1. The van der Waals surface area contributed by atoms with E-state index < -0.39 is 0 Å². The standard InChI is InChI=1S/C14H19N3O4/c1-21-13(19)5-6-16-7-9-17(10-8-16)14(20)11-3-2-4-12(18)15-11/h2-4H,5-10H2,1H3,(H,15,18). The highest BCUT2D eigenvalue weighted by Gasteiger charge is 2.22. The molecular weight excluding hydrogens is 274 g/mol. The SMILES string of the molecule is COC(=O)CCN1CCN(C(=O)c2cccc(=O)[nH]2)CC1. The van der Waals surface area contributed by atoms with E-state index in [1.165, 1.54) is 13.2 Å². The van der Waals surface area contributed by atoms with E-state index in [1.807, 2.05) is 0 Å². The van der Waals surface area contributed by atoms with Crippen LogP contribution in [0.25, 0.3) is 0 Å². The zero-order chi connectivity index (χ0) is 15.2. The summed E-state index contributed by atoms with van der Waals surface area (Å²) in [6.07, 6.45) is 0.358. The van der Waals surface area contributed by atoms with Gasteiger partial charge in [-0.2, -0.15) is 0 Å². The van der Waals surface area contributed by atoms with E-state index in [0.717, 1.165) is 0 Å². The quantitative estimate of drug-likeness (QED) is 0.770. The molecule has 21 heavy (non-hydrogen) atoms. The molecule has 0 bridgehead atoms. The van der Waals surface area contributed by atoms with E-state index in [4.69, 9.17) is 0 Å². The Morgan fingerprint density at radius 1 is 1.24 bits per heavy atom. The highest BCUT2D eigenvalue weighted by Crippen LogP contribution is 2.07. The number of carbonyl (C=O) groups is 2. The predicted octanol–water partition coefficient (Wildman–Crippen LogP) is -0.304. The van der Waals surface area contributed by atoms with Crippen LogP contribution in [-0.4, -0.2) is 66.5 Å². The summed E-state index contributed by atoms with van der Waals surface area (Å²) in [5.74, 6) is -0.393. The second kappa shape index (κ2) is 7.03. The molecule has 2 heterocycles. The van der Waals surface area contributed by atoms with Gasteiger partial charge in [0.2, 0.25) is 5.56 Å². The predicted molar refractivity (Wildman–Crippen MR) is 76.0 cm³/mol. The van der Waals surface area contributed by atoms with E-state index in [9.17, 15) is 14.4 Å². The summed E-state index contributed by atoms with van der Waals surface area (Å²) in [5, 5.41) is 0. The zero-order valence-electron chi connectivity index (χ0n) is 12.0. The van der Waals surface area contributed by atoms with Crippen molar-refractivity contribution in [3.05, 3.63) is 34.2 Å². The Balaban J connectivity index is 1.85. The van der Waals surface area contributed by atoms with Crippen molar-refractivity contribution in [2.24, 2.45) is 0 Å². The van der Waals surface area contributed by atoms with Gasteiger partial charge in [-0.3, -0.25) is 19.3 Å². The lowest BCUT2D eigenvalue weighted by molar-refractivity contribution is -0.141. The molecule has 0 aliphatic carbocycles. The van der Waals surface area contributed by atoms with Crippen molar-refractivity contribution in [2.75, 3.05) is 39.8 Å². The Morgan fingerprint density at radius 3 is 2.57 bits per heavy atom. The number of nitrogens with one attached hydrogen (secondary N) is 1. The minimum atomic E-state index is -0.280. The van der Waals surface area contributed by atoms with E-state index in [1.54, 1.807) is 17.0 Å². The molecule has 1 aliphatic heterocycles. The van der Waals surface area contributed by atoms with Crippen LogP contribution in [0, 0.1) is 0 Å². The van der Waals surface area contributed by atoms with Gasteiger partial charge >= 0.3 is 5.97 Å². The number of H-pyrrole nitrogens is 1. The maximum Gasteiger partial charge on any atom is 0.306 e. The third-order valence-electron chi connectivity index (χ3n) is 3.52. The van der Waals surface area contributed by atoms with E-state index >= 15 is 0 Å². The zero-order valence-corrected chi connectivity index (χ0v) is 12.0. The number of hydrogen-bond acceptors (Lipinski definition) is 5. The van der Waals surface area contributed by atoms with Crippen LogP contribution in [0.2, 0.25) is 0 Å². The number of piperazine rings is 1. The minimum Gasteiger partial charge on any atom is -0.469 e. The van der Waals surface area contributed by atoms with Gasteiger partial charge in [-0.15, -0.1) is 0 Å². The maximum atomic E-state index is 12.2. The third-order valence-corrected chi connectivity index (χ3v) is 3.52. The van der Waals surface area contributed by atoms with E-state index in [0.29, 0.717) is 44.8 Å². The van der Waals surface area contributed by atoms with Gasteiger partial charge in [0.05, 0.1) is 13.5 Å². The van der Waals surface area contributed by atoms with Gasteiger partial charge in [0.25, 0.3) is 5.91 Å². The van der Waals surface area contributed by atoms with Gasteiger partial charge < -0.3 is 14.6 Å². The minimum absolute atomic E-state index is 0.166. The lowest BCUT2D eigenvalue weighted by atomic mass is 10.2. The first kappa shape index (κ1) is 15.2. The van der Waals surface area contributed by atoms with Crippen molar-refractivity contribution in [3.8, 4) is 0 Å². The highest BCUT2D eigenvalue weighted by molar-refractivity contribution is 5.92. The maximum absolute atomic E-state index is 12.2. The van der Waals surface area contributed by atoms with Gasteiger partial charge in [-0.25, -0.2) is 0 Å². The van der Waals surface area contributed by atoms with Crippen LogP contribution in [0.3, 0.4) is 0 Å². The molecule has 1 amide bonds. The summed E-state index contributed by atoms with van der Waals surface area (Å²) in [6.45, 7) is 3.21. The molecule has 1 aromatic heterocycles. The van der Waals surface area contributed by atoms with Crippen LogP contribution in [0.1, 0.15) is 16.9 Å². The highest BCUT2D eigenvalue weighted by atomic mass is 16.5. The molecule has 1 saturated heterocycles. The normalized spacial score (nSPS) is 15.8. The number of methoxy groups -OCH3 is 1. The van der Waals surface area contributed by atoms with Crippen LogP contribution >= 0.6 is 0 Å². The number of amides is 1. The van der Waals surface area contributed by atoms with Crippen molar-refractivity contribution in [1.82, 2.24) is 14.8 Å². The second-order valence-corrected chi connectivity index (χ2v) is 4.89. The largest absolute Gasteiger partial charge is 0.469 e. The molecule has 1 N–H and O–H groups in total. The Hall–Kier alpha value is -2.15. The summed E-state index contributed by atoms with van der Waals surface area (Å²) in [7, 11) is 1.37. The molecule has 7 heteroatoms. The van der Waals surface area contributed by atoms with E-state index in [-0.39, 0.29) is 17.4 Å². The average molecular weight is 293 g/mol. The van der Waals surface area contributed by atoms with Crippen LogP contribution in [-0.2, 0) is 9.53 Å². The fraction of sp³-hybridized carbons (Fsp3) is 0.500. The third kappa shape index (κ3) is 4.16. The number of aromatic nitrogens is 1. The number of hydrogen-bond donors (Lipinski definition) is 1. The van der Waals surface area contributed by atoms with Gasteiger partial charge in [-0.1, -0.05) is 6.07 Å². The van der Waals surface area contributed by atoms with Gasteiger partial charge in [0.15, 0.2) is 0 Å². The first-order chi connectivity index (χ1) is 10.1. The van der Waals surface area contributed by atoms with Gasteiger partial charge in [0.1, 0.15) is 5.69 Å². The summed E-state index contributed by atoms with van der Waals surface area (Å²) in [5.41, 5.74) is 0.0306. The molecule has 7 nitrogen and oxygen atoms in total. The molecule has 0 saturated carbocycles. The molecule has 1 aromatic rings. The molecule has 0 atom stereocenters. The molecule has 2 rings (SSSR count). The topological polar surface area (TPSA) is 82.7 Å². The lowest BCUT2D eigenvalue weighted by Gasteiger charge is -2.34. The molecule has 0 unspecified atom stereocenters. The first-order valence-corrected chi connectivity index (χ1v) is 6.88. The van der Waals surface area contributed by atoms with E-state index in [2.05, 4.69) is 14.6 Å². The van der Waals surface area contributed by atoms with Crippen molar-refractivity contribution in [2.45, 2.75) is 6.42 Å². The smallest absolute Gasteiger partial charge is 0.306 e. The fourth-order valence-corrected chi connectivity index (χ4v) is 2.27. The summed E-state index contributed by atoms with van der Waals surface area (Å²) >= 11 is 0. The Morgan fingerprint density at radius 2 is 1.95 bits per heavy atom. The van der Waals surface area contributed by atoms with Crippen LogP contribution < -0.4 is 5.56 Å². The van der Waals surface area contributed by atoms with Gasteiger partial charge in [-0.05, 0) is 6.07 Å². The Kier molecular flexibility index (Phi) is 5.10. The summed E-state index contributed by atoms with van der Waals surface area (Å²) in [4.78, 5) is 40.9. The number of esters is 1. The Bertz CT molecular complexity index is 561. The number of rotatable bonds is 4. The van der Waals surface area contributed by atoms with Crippen molar-refractivity contribution in [1.29, 1.82) is 0 Å². The monoisotopic (exact) mass is 293 g/mol.